The molecule has 0 unspecified atom stereocenters. The molecule has 2 nitrogen and oxygen atoms in total. The van der Waals surface area contributed by atoms with Crippen LogP contribution in [0.25, 0.3) is 0 Å². The first-order valence-electron chi connectivity index (χ1n) is 15.8. The second-order valence-electron chi connectivity index (χ2n) is 13.4. The third kappa shape index (κ3) is 17.0. The quantitative estimate of drug-likeness (QED) is 0.128. The van der Waals surface area contributed by atoms with Gasteiger partial charge in [0.1, 0.15) is 0 Å². The van der Waals surface area contributed by atoms with Crippen molar-refractivity contribution in [2.24, 2.45) is 0 Å². The third-order valence-electron chi connectivity index (χ3n) is 7.60. The molecule has 1 rings (SSSR count). The highest BCUT2D eigenvalue weighted by molar-refractivity contribution is 5.69. The molecular weight excluding hydrogens is 452 g/mol. The predicted molar refractivity (Wildman–Crippen MR) is 163 cm³/mol. The molecule has 0 amide bonds. The van der Waals surface area contributed by atoms with E-state index in [0.717, 1.165) is 12.8 Å². The van der Waals surface area contributed by atoms with Crippen LogP contribution in [0.2, 0.25) is 0 Å². The van der Waals surface area contributed by atoms with E-state index in [1.807, 2.05) is 0 Å². The van der Waals surface area contributed by atoms with Gasteiger partial charge in [-0.2, -0.15) is 0 Å². The van der Waals surface area contributed by atoms with Crippen molar-refractivity contribution < 1.29 is 9.53 Å². The molecule has 0 atom stereocenters. The van der Waals surface area contributed by atoms with Gasteiger partial charge >= 0.3 is 5.97 Å². The maximum atomic E-state index is 12.3. The summed E-state index contributed by atoms with van der Waals surface area (Å²) in [6.45, 7) is 16.4. The molecule has 0 heterocycles. The van der Waals surface area contributed by atoms with Crippen LogP contribution in [0.1, 0.15) is 174 Å². The van der Waals surface area contributed by atoms with E-state index in [-0.39, 0.29) is 16.8 Å². The average Bonchev–Trinajstić information content (AvgIpc) is 2.83. The molecule has 0 fully saturated rings. The Labute approximate surface area is 231 Å². The van der Waals surface area contributed by atoms with Gasteiger partial charge in [0, 0.05) is 6.42 Å². The summed E-state index contributed by atoms with van der Waals surface area (Å²) in [6.07, 6.45) is 23.0. The van der Waals surface area contributed by atoms with Crippen molar-refractivity contribution in [3.05, 3.63) is 34.9 Å². The van der Waals surface area contributed by atoms with Crippen molar-refractivity contribution in [3.63, 3.8) is 0 Å². The maximum absolute atomic E-state index is 12.3. The fraction of sp³-hybridized carbons (Fsp3) is 0.800. The Balaban J connectivity index is 2.07. The predicted octanol–water partition coefficient (Wildman–Crippen LogP) is 11.0. The lowest BCUT2D eigenvalue weighted by Crippen LogP contribution is -2.17. The van der Waals surface area contributed by atoms with Crippen LogP contribution in [-0.4, -0.2) is 12.6 Å². The highest BCUT2D eigenvalue weighted by Gasteiger charge is 2.20. The summed E-state index contributed by atoms with van der Waals surface area (Å²) in [5.41, 5.74) is 4.14. The van der Waals surface area contributed by atoms with Crippen molar-refractivity contribution in [1.82, 2.24) is 0 Å². The molecule has 0 aromatic heterocycles. The summed E-state index contributed by atoms with van der Waals surface area (Å²) in [5, 5.41) is 0. The Bertz CT molecular complexity index is 688. The van der Waals surface area contributed by atoms with Crippen molar-refractivity contribution in [2.75, 3.05) is 6.61 Å². The minimum atomic E-state index is -0.0561. The average molecular weight is 515 g/mol. The third-order valence-corrected chi connectivity index (χ3v) is 7.60. The van der Waals surface area contributed by atoms with Crippen LogP contribution in [0.15, 0.2) is 18.2 Å². The minimum absolute atomic E-state index is 0.0561. The monoisotopic (exact) mass is 514 g/mol. The van der Waals surface area contributed by atoms with Crippen LogP contribution in [0.3, 0.4) is 0 Å². The van der Waals surface area contributed by atoms with E-state index in [9.17, 15) is 4.79 Å². The summed E-state index contributed by atoms with van der Waals surface area (Å²) < 4.78 is 5.54. The maximum Gasteiger partial charge on any atom is 0.306 e. The first kappa shape index (κ1) is 33.7. The number of ether oxygens (including phenoxy) is 1. The number of carbonyl (C=O) groups is 1. The number of aryl methyl sites for hydroxylation is 1. The van der Waals surface area contributed by atoms with Crippen molar-refractivity contribution in [2.45, 2.75) is 175 Å². The molecule has 0 spiro atoms. The van der Waals surface area contributed by atoms with E-state index in [2.05, 4.69) is 66.7 Å². The minimum Gasteiger partial charge on any atom is -0.466 e. The molecule has 0 N–H and O–H groups in total. The van der Waals surface area contributed by atoms with Gasteiger partial charge in [0.15, 0.2) is 0 Å². The first-order valence-corrected chi connectivity index (χ1v) is 15.8. The van der Waals surface area contributed by atoms with Crippen LogP contribution < -0.4 is 0 Å². The van der Waals surface area contributed by atoms with Crippen LogP contribution >= 0.6 is 0 Å². The fourth-order valence-electron chi connectivity index (χ4n) is 4.86. The van der Waals surface area contributed by atoms with Crippen LogP contribution in [0.4, 0.5) is 0 Å². The van der Waals surface area contributed by atoms with Gasteiger partial charge < -0.3 is 4.74 Å². The topological polar surface area (TPSA) is 26.3 Å². The second-order valence-corrected chi connectivity index (χ2v) is 13.4. The van der Waals surface area contributed by atoms with Gasteiger partial charge in [-0.3, -0.25) is 4.79 Å². The zero-order valence-corrected chi connectivity index (χ0v) is 26.0. The number of esters is 1. The van der Waals surface area contributed by atoms with E-state index in [4.69, 9.17) is 4.74 Å². The molecular formula is C35H62O2. The number of unbranched alkanes of at least 4 members (excludes halogenated alkanes) is 15. The van der Waals surface area contributed by atoms with E-state index < -0.39 is 0 Å². The van der Waals surface area contributed by atoms with Crippen molar-refractivity contribution in [1.29, 1.82) is 0 Å². The molecule has 1 aromatic carbocycles. The molecule has 2 heteroatoms. The van der Waals surface area contributed by atoms with E-state index in [0.29, 0.717) is 13.0 Å². The van der Waals surface area contributed by atoms with Gasteiger partial charge in [-0.25, -0.2) is 0 Å². The van der Waals surface area contributed by atoms with Gasteiger partial charge in [0.2, 0.25) is 0 Å². The molecule has 1 aromatic rings. The number of rotatable bonds is 20. The van der Waals surface area contributed by atoms with Crippen LogP contribution in [0.5, 0.6) is 0 Å². The Morgan fingerprint density at radius 1 is 0.595 bits per heavy atom. The Morgan fingerprint density at radius 3 is 1.35 bits per heavy atom. The molecule has 37 heavy (non-hydrogen) atoms. The van der Waals surface area contributed by atoms with Crippen molar-refractivity contribution in [3.8, 4) is 0 Å². The normalized spacial score (nSPS) is 12.2. The number of hydrogen-bond donors (Lipinski definition) is 0. The Hall–Kier alpha value is -1.31. The zero-order valence-electron chi connectivity index (χ0n) is 26.0. The zero-order chi connectivity index (χ0) is 27.6. The van der Waals surface area contributed by atoms with E-state index in [1.165, 1.54) is 113 Å². The number of carbonyl (C=O) groups excluding carboxylic acids is 1. The lowest BCUT2D eigenvalue weighted by molar-refractivity contribution is -0.143. The summed E-state index contributed by atoms with van der Waals surface area (Å²) in [4.78, 5) is 12.3. The SMILES string of the molecule is CCCCCCCCCCCCCCCCCCOC(=O)CCc1cc(C(C)(C)C)cc(C(C)(C)C)c1. The molecule has 0 bridgehead atoms. The van der Waals surface area contributed by atoms with Gasteiger partial charge in [0.05, 0.1) is 6.61 Å². The molecule has 0 aliphatic heterocycles. The molecule has 214 valence electrons. The van der Waals surface area contributed by atoms with Crippen molar-refractivity contribution >= 4 is 5.97 Å². The summed E-state index contributed by atoms with van der Waals surface area (Å²) in [7, 11) is 0. The lowest BCUT2D eigenvalue weighted by Gasteiger charge is -2.26. The second kappa shape index (κ2) is 18.9. The number of hydrogen-bond acceptors (Lipinski definition) is 2. The van der Waals surface area contributed by atoms with E-state index >= 15 is 0 Å². The first-order chi connectivity index (χ1) is 17.5. The highest BCUT2D eigenvalue weighted by Crippen LogP contribution is 2.30. The molecule has 0 saturated heterocycles. The lowest BCUT2D eigenvalue weighted by atomic mass is 9.79. The largest absolute Gasteiger partial charge is 0.466 e. The number of benzene rings is 1. The van der Waals surface area contributed by atoms with Gasteiger partial charge in [-0.15, -0.1) is 0 Å². The standard InChI is InChI=1S/C35H62O2/c1-8-9-10-11-12-13-14-15-16-17-18-19-20-21-22-23-26-37-33(36)25-24-30-27-31(34(2,3)4)29-32(28-30)35(5,6)7/h27-29H,8-26H2,1-7H3. The van der Waals surface area contributed by atoms with Gasteiger partial charge in [0.25, 0.3) is 0 Å². The smallest absolute Gasteiger partial charge is 0.306 e. The summed E-state index contributed by atoms with van der Waals surface area (Å²) >= 11 is 0. The Morgan fingerprint density at radius 2 is 0.973 bits per heavy atom. The van der Waals surface area contributed by atoms with Crippen LogP contribution in [0, 0.1) is 0 Å². The van der Waals surface area contributed by atoms with Crippen LogP contribution in [-0.2, 0) is 26.8 Å². The van der Waals surface area contributed by atoms with E-state index in [1.54, 1.807) is 0 Å². The fourth-order valence-corrected chi connectivity index (χ4v) is 4.86. The molecule has 0 saturated carbocycles. The molecule has 0 aliphatic rings. The Kier molecular flexibility index (Phi) is 17.2. The highest BCUT2D eigenvalue weighted by atomic mass is 16.5. The summed E-state index contributed by atoms with van der Waals surface area (Å²) in [6, 6.07) is 6.88. The summed E-state index contributed by atoms with van der Waals surface area (Å²) in [5.74, 6) is -0.0561. The van der Waals surface area contributed by atoms with Gasteiger partial charge in [-0.05, 0) is 40.4 Å². The van der Waals surface area contributed by atoms with Gasteiger partial charge in [-0.1, -0.05) is 163 Å². The molecule has 0 radical (unpaired) electrons. The molecule has 0 aliphatic carbocycles.